The van der Waals surface area contributed by atoms with Crippen LogP contribution in [-0.4, -0.2) is 24.3 Å². The Morgan fingerprint density at radius 3 is 2.93 bits per heavy atom. The largest absolute Gasteiger partial charge is 0.486 e. The molecule has 7 nitrogen and oxygen atoms in total. The van der Waals surface area contributed by atoms with Crippen molar-refractivity contribution in [2.75, 3.05) is 0 Å². The van der Waals surface area contributed by atoms with E-state index in [0.717, 1.165) is 22.5 Å². The van der Waals surface area contributed by atoms with E-state index in [9.17, 15) is 9.65 Å². The summed E-state index contributed by atoms with van der Waals surface area (Å²) in [6.07, 6.45) is 1.66. The first-order valence-corrected chi connectivity index (χ1v) is 9.02. The molecule has 0 radical (unpaired) electrons. The summed E-state index contributed by atoms with van der Waals surface area (Å²) in [5.74, 6) is 1.31. The first-order chi connectivity index (χ1) is 14.1. The van der Waals surface area contributed by atoms with Gasteiger partial charge in [-0.2, -0.15) is 5.26 Å². The fraction of sp³-hybridized carbons (Fsp3) is 0.143. The first-order valence-electron chi connectivity index (χ1n) is 9.02. The molecular weight excluding hydrogens is 371 g/mol. The second-order valence-corrected chi connectivity index (χ2v) is 6.81. The maximum Gasteiger partial charge on any atom is 0.171 e. The molecule has 0 N–H and O–H groups in total. The maximum absolute atomic E-state index is 13.4. The molecule has 2 aromatic carbocycles. The highest BCUT2D eigenvalue weighted by Gasteiger charge is 2.26. The van der Waals surface area contributed by atoms with E-state index in [4.69, 9.17) is 4.74 Å². The van der Waals surface area contributed by atoms with Crippen LogP contribution in [0.15, 0.2) is 48.8 Å². The van der Waals surface area contributed by atoms with Gasteiger partial charge in [0.15, 0.2) is 17.3 Å². The zero-order valence-corrected chi connectivity index (χ0v) is 15.5. The van der Waals surface area contributed by atoms with Gasteiger partial charge in [0.1, 0.15) is 30.6 Å². The summed E-state index contributed by atoms with van der Waals surface area (Å²) in [7, 11) is 0. The fourth-order valence-corrected chi connectivity index (χ4v) is 3.53. The van der Waals surface area contributed by atoms with E-state index in [0.29, 0.717) is 29.6 Å². The highest BCUT2D eigenvalue weighted by molar-refractivity contribution is 5.70. The molecule has 0 fully saturated rings. The Hall–Kier alpha value is -3.99. The minimum absolute atomic E-state index is 0.119. The van der Waals surface area contributed by atoms with Crippen LogP contribution in [0.1, 0.15) is 22.8 Å². The lowest BCUT2D eigenvalue weighted by molar-refractivity contribution is 0.288. The number of imidazole rings is 1. The second-order valence-electron chi connectivity index (χ2n) is 6.81. The smallest absolute Gasteiger partial charge is 0.171 e. The number of nitrogens with zero attached hydrogens (tertiary/aromatic N) is 6. The van der Waals surface area contributed by atoms with E-state index in [-0.39, 0.29) is 12.4 Å². The third kappa shape index (κ3) is 2.84. The lowest BCUT2D eigenvalue weighted by Gasteiger charge is -2.09. The van der Waals surface area contributed by atoms with E-state index in [1.807, 2.05) is 34.3 Å². The van der Waals surface area contributed by atoms with Crippen molar-refractivity contribution in [2.24, 2.45) is 0 Å². The van der Waals surface area contributed by atoms with Gasteiger partial charge in [-0.25, -0.2) is 9.37 Å². The lowest BCUT2D eigenvalue weighted by Crippen LogP contribution is -2.10. The summed E-state index contributed by atoms with van der Waals surface area (Å²) in [6, 6.07) is 14.1. The highest BCUT2D eigenvalue weighted by Crippen LogP contribution is 2.33. The Bertz CT molecular complexity index is 1280. The molecule has 3 heterocycles. The van der Waals surface area contributed by atoms with Gasteiger partial charge in [-0.05, 0) is 31.2 Å². The molecule has 1 aliphatic heterocycles. The number of aryl methyl sites for hydroxylation is 1. The van der Waals surface area contributed by atoms with E-state index >= 15 is 0 Å². The minimum atomic E-state index is -0.366. The van der Waals surface area contributed by atoms with Crippen molar-refractivity contribution in [1.29, 1.82) is 5.26 Å². The number of hydrogen-bond acceptors (Lipinski definition) is 5. The third-order valence-corrected chi connectivity index (χ3v) is 4.92. The van der Waals surface area contributed by atoms with Gasteiger partial charge in [-0.1, -0.05) is 17.7 Å². The standard InChI is InChI=1S/C21H15FN6O/c1-13-5-6-18-16(7-13)21-26-25-20(11-29-15-4-2-3-14(22)8-15)27(21)10-19-17(9-23)24-12-28(18)19/h2-8,12H,10-11H2,1H3. The molecule has 0 unspecified atom stereocenters. The van der Waals surface area contributed by atoms with Crippen LogP contribution >= 0.6 is 0 Å². The molecule has 8 heteroatoms. The van der Waals surface area contributed by atoms with Gasteiger partial charge in [-0.15, -0.1) is 10.2 Å². The quantitative estimate of drug-likeness (QED) is 0.475. The van der Waals surface area contributed by atoms with Gasteiger partial charge in [-0.3, -0.25) is 4.57 Å². The number of aromatic nitrogens is 5. The Balaban J connectivity index is 1.61. The molecule has 0 amide bonds. The Labute approximate surface area is 165 Å². The van der Waals surface area contributed by atoms with Crippen LogP contribution in [-0.2, 0) is 13.2 Å². The zero-order valence-electron chi connectivity index (χ0n) is 15.5. The van der Waals surface area contributed by atoms with Gasteiger partial charge in [0.05, 0.1) is 17.9 Å². The van der Waals surface area contributed by atoms with Crippen molar-refractivity contribution in [1.82, 2.24) is 24.3 Å². The van der Waals surface area contributed by atoms with Crippen LogP contribution in [0.5, 0.6) is 5.75 Å². The van der Waals surface area contributed by atoms with Crippen molar-refractivity contribution in [3.63, 3.8) is 0 Å². The number of nitriles is 1. The van der Waals surface area contributed by atoms with Crippen LogP contribution in [0, 0.1) is 24.1 Å². The van der Waals surface area contributed by atoms with Crippen molar-refractivity contribution < 1.29 is 9.13 Å². The van der Waals surface area contributed by atoms with Gasteiger partial charge in [0.2, 0.25) is 0 Å². The van der Waals surface area contributed by atoms with Crippen molar-refractivity contribution >= 4 is 0 Å². The molecule has 0 saturated carbocycles. The molecule has 0 saturated heterocycles. The van der Waals surface area contributed by atoms with E-state index in [2.05, 4.69) is 21.3 Å². The second kappa shape index (κ2) is 6.56. The summed E-state index contributed by atoms with van der Waals surface area (Å²) >= 11 is 0. The Kier molecular flexibility index (Phi) is 3.88. The number of ether oxygens (including phenoxy) is 1. The molecular formula is C21H15FN6O. The Morgan fingerprint density at radius 2 is 2.10 bits per heavy atom. The highest BCUT2D eigenvalue weighted by atomic mass is 19.1. The van der Waals surface area contributed by atoms with E-state index in [1.54, 1.807) is 18.5 Å². The average Bonchev–Trinajstić information content (AvgIpc) is 3.28. The number of rotatable bonds is 3. The first kappa shape index (κ1) is 17.1. The summed E-state index contributed by atoms with van der Waals surface area (Å²) in [5, 5.41) is 18.2. The minimum Gasteiger partial charge on any atom is -0.486 e. The topological polar surface area (TPSA) is 81.6 Å². The molecule has 0 atom stereocenters. The van der Waals surface area contributed by atoms with Gasteiger partial charge in [0.25, 0.3) is 0 Å². The molecule has 142 valence electrons. The predicted molar refractivity (Wildman–Crippen MR) is 102 cm³/mol. The summed E-state index contributed by atoms with van der Waals surface area (Å²) in [4.78, 5) is 4.24. The average molecular weight is 386 g/mol. The SMILES string of the molecule is Cc1ccc2c(c1)-c1nnc(COc3cccc(F)c3)n1Cc1c(C#N)ncn1-2. The van der Waals surface area contributed by atoms with Gasteiger partial charge >= 0.3 is 0 Å². The van der Waals surface area contributed by atoms with E-state index in [1.165, 1.54) is 12.1 Å². The van der Waals surface area contributed by atoms with Crippen LogP contribution in [0.4, 0.5) is 4.39 Å². The van der Waals surface area contributed by atoms with Crippen molar-refractivity contribution in [2.45, 2.75) is 20.1 Å². The number of benzene rings is 2. The van der Waals surface area contributed by atoms with Crippen LogP contribution in [0.2, 0.25) is 0 Å². The number of hydrogen-bond donors (Lipinski definition) is 0. The van der Waals surface area contributed by atoms with Crippen molar-refractivity contribution in [3.05, 3.63) is 77.4 Å². The lowest BCUT2D eigenvalue weighted by atomic mass is 10.1. The van der Waals surface area contributed by atoms with Gasteiger partial charge in [0, 0.05) is 11.6 Å². The monoisotopic (exact) mass is 386 g/mol. The Morgan fingerprint density at radius 1 is 1.21 bits per heavy atom. The molecule has 0 spiro atoms. The molecule has 4 aromatic rings. The molecule has 2 aromatic heterocycles. The molecule has 29 heavy (non-hydrogen) atoms. The molecule has 5 rings (SSSR count). The summed E-state index contributed by atoms with van der Waals surface area (Å²) in [6.45, 7) is 2.50. The zero-order chi connectivity index (χ0) is 20.0. The maximum atomic E-state index is 13.4. The molecule has 1 aliphatic rings. The van der Waals surface area contributed by atoms with E-state index < -0.39 is 0 Å². The number of halogens is 1. The van der Waals surface area contributed by atoms with Crippen LogP contribution < -0.4 is 4.74 Å². The number of fused-ring (bicyclic) bond motifs is 5. The summed E-state index contributed by atoms with van der Waals surface area (Å²) in [5.41, 5.74) is 3.98. The molecule has 0 aliphatic carbocycles. The predicted octanol–water partition coefficient (Wildman–Crippen LogP) is 3.39. The third-order valence-electron chi connectivity index (χ3n) is 4.92. The normalized spacial score (nSPS) is 11.8. The van der Waals surface area contributed by atoms with Crippen LogP contribution in [0.3, 0.4) is 0 Å². The fourth-order valence-electron chi connectivity index (χ4n) is 3.53. The summed E-state index contributed by atoms with van der Waals surface area (Å²) < 4.78 is 23.0. The molecule has 0 bridgehead atoms. The van der Waals surface area contributed by atoms with Crippen molar-refractivity contribution in [3.8, 4) is 28.9 Å². The van der Waals surface area contributed by atoms with Crippen LogP contribution in [0.25, 0.3) is 17.1 Å². The van der Waals surface area contributed by atoms with Gasteiger partial charge < -0.3 is 9.30 Å².